The molecule has 2 fully saturated rings. The maximum absolute atomic E-state index is 6.04. The van der Waals surface area contributed by atoms with Gasteiger partial charge in [0.05, 0.1) is 0 Å². The molecular weight excluding hydrogens is 198 g/mol. The molecule has 16 heavy (non-hydrogen) atoms. The lowest BCUT2D eigenvalue weighted by Crippen LogP contribution is -2.56. The standard InChI is InChI=1S/C13H27N3/c1-10-9-15(3)6-5-13(10)16-7-4-12(14)8-11(16)2/h10-13H,4-9,14H2,1-3H3. The molecule has 0 saturated carbocycles. The molecule has 2 rings (SSSR count). The van der Waals surface area contributed by atoms with Crippen molar-refractivity contribution in [2.75, 3.05) is 26.7 Å². The minimum Gasteiger partial charge on any atom is -0.328 e. The number of nitrogens with two attached hydrogens (primary N) is 1. The zero-order valence-electron chi connectivity index (χ0n) is 11.0. The first-order valence-electron chi connectivity index (χ1n) is 6.77. The molecule has 0 aliphatic carbocycles. The lowest BCUT2D eigenvalue weighted by atomic mass is 9.88. The summed E-state index contributed by atoms with van der Waals surface area (Å²) in [6.07, 6.45) is 3.69. The molecule has 0 aromatic carbocycles. The monoisotopic (exact) mass is 225 g/mol. The SMILES string of the molecule is CC1CN(C)CCC1N1CCC(N)CC1C. The Labute approximate surface area is 100.0 Å². The van der Waals surface area contributed by atoms with Gasteiger partial charge >= 0.3 is 0 Å². The van der Waals surface area contributed by atoms with Crippen molar-refractivity contribution in [3.63, 3.8) is 0 Å². The van der Waals surface area contributed by atoms with E-state index < -0.39 is 0 Å². The second-order valence-corrected chi connectivity index (χ2v) is 5.97. The van der Waals surface area contributed by atoms with Crippen molar-refractivity contribution in [2.24, 2.45) is 11.7 Å². The molecular formula is C13H27N3. The van der Waals surface area contributed by atoms with Gasteiger partial charge < -0.3 is 10.6 Å². The predicted octanol–water partition coefficient (Wildman–Crippen LogP) is 1.14. The molecule has 2 aliphatic rings. The number of rotatable bonds is 1. The van der Waals surface area contributed by atoms with Gasteiger partial charge in [0.25, 0.3) is 0 Å². The molecule has 0 bridgehead atoms. The molecule has 0 aromatic heterocycles. The molecule has 2 N–H and O–H groups in total. The molecule has 0 radical (unpaired) electrons. The number of nitrogens with zero attached hydrogens (tertiary/aromatic N) is 2. The number of likely N-dealkylation sites (tertiary alicyclic amines) is 2. The van der Waals surface area contributed by atoms with Crippen LogP contribution in [0.3, 0.4) is 0 Å². The second kappa shape index (κ2) is 5.03. The highest BCUT2D eigenvalue weighted by molar-refractivity contribution is 4.90. The topological polar surface area (TPSA) is 32.5 Å². The molecule has 3 heteroatoms. The van der Waals surface area contributed by atoms with E-state index in [1.165, 1.54) is 38.9 Å². The normalized spacial score (nSPS) is 43.5. The number of hydrogen-bond acceptors (Lipinski definition) is 3. The molecule has 3 nitrogen and oxygen atoms in total. The van der Waals surface area contributed by atoms with Gasteiger partial charge in [-0.3, -0.25) is 4.90 Å². The molecule has 0 aromatic rings. The Bertz CT molecular complexity index is 207. The summed E-state index contributed by atoms with van der Waals surface area (Å²) in [7, 11) is 2.24. The van der Waals surface area contributed by atoms with E-state index in [-0.39, 0.29) is 0 Å². The van der Waals surface area contributed by atoms with Crippen molar-refractivity contribution in [2.45, 2.75) is 51.2 Å². The molecule has 2 heterocycles. The molecule has 4 unspecified atom stereocenters. The van der Waals surface area contributed by atoms with E-state index in [0.29, 0.717) is 12.1 Å². The summed E-state index contributed by atoms with van der Waals surface area (Å²) in [6, 6.07) is 1.91. The first-order chi connectivity index (χ1) is 7.58. The summed E-state index contributed by atoms with van der Waals surface area (Å²) in [5.41, 5.74) is 6.04. The quantitative estimate of drug-likeness (QED) is 0.726. The van der Waals surface area contributed by atoms with Crippen LogP contribution in [-0.4, -0.2) is 54.6 Å². The molecule has 0 amide bonds. The van der Waals surface area contributed by atoms with E-state index in [1.54, 1.807) is 0 Å². The van der Waals surface area contributed by atoms with Gasteiger partial charge in [0.15, 0.2) is 0 Å². The van der Waals surface area contributed by atoms with Crippen molar-refractivity contribution in [3.05, 3.63) is 0 Å². The number of piperidine rings is 2. The lowest BCUT2D eigenvalue weighted by Gasteiger charge is -2.47. The summed E-state index contributed by atoms with van der Waals surface area (Å²) in [5, 5.41) is 0. The van der Waals surface area contributed by atoms with Crippen LogP contribution in [0.1, 0.15) is 33.1 Å². The molecule has 4 atom stereocenters. The van der Waals surface area contributed by atoms with E-state index in [2.05, 4.69) is 30.7 Å². The highest BCUT2D eigenvalue weighted by Gasteiger charge is 2.34. The summed E-state index contributed by atoms with van der Waals surface area (Å²) in [5.74, 6) is 0.801. The van der Waals surface area contributed by atoms with E-state index in [9.17, 15) is 0 Å². The Morgan fingerprint density at radius 1 is 1.12 bits per heavy atom. The Morgan fingerprint density at radius 2 is 1.88 bits per heavy atom. The minimum absolute atomic E-state index is 0.438. The fourth-order valence-electron chi connectivity index (χ4n) is 3.55. The Balaban J connectivity index is 1.96. The van der Waals surface area contributed by atoms with Crippen LogP contribution >= 0.6 is 0 Å². The van der Waals surface area contributed by atoms with Gasteiger partial charge in [0.1, 0.15) is 0 Å². The zero-order valence-corrected chi connectivity index (χ0v) is 11.0. The van der Waals surface area contributed by atoms with E-state index in [1.807, 2.05) is 0 Å². The summed E-state index contributed by atoms with van der Waals surface area (Å²) in [6.45, 7) is 8.47. The maximum atomic E-state index is 6.04. The predicted molar refractivity (Wildman–Crippen MR) is 68.4 cm³/mol. The fraction of sp³-hybridized carbons (Fsp3) is 1.00. The van der Waals surface area contributed by atoms with Crippen molar-refractivity contribution in [1.29, 1.82) is 0 Å². The third-order valence-corrected chi connectivity index (χ3v) is 4.46. The highest BCUT2D eigenvalue weighted by atomic mass is 15.2. The summed E-state index contributed by atoms with van der Waals surface area (Å²) >= 11 is 0. The molecule has 0 spiro atoms. The van der Waals surface area contributed by atoms with Gasteiger partial charge in [0.2, 0.25) is 0 Å². The van der Waals surface area contributed by atoms with Crippen LogP contribution in [0.25, 0.3) is 0 Å². The van der Waals surface area contributed by atoms with Crippen molar-refractivity contribution < 1.29 is 0 Å². The van der Waals surface area contributed by atoms with E-state index in [0.717, 1.165) is 12.0 Å². The van der Waals surface area contributed by atoms with Crippen molar-refractivity contribution in [3.8, 4) is 0 Å². The molecule has 94 valence electrons. The van der Waals surface area contributed by atoms with Crippen LogP contribution in [0.5, 0.6) is 0 Å². The van der Waals surface area contributed by atoms with Crippen LogP contribution in [0.4, 0.5) is 0 Å². The third-order valence-electron chi connectivity index (χ3n) is 4.46. The van der Waals surface area contributed by atoms with Gasteiger partial charge in [-0.25, -0.2) is 0 Å². The van der Waals surface area contributed by atoms with Crippen molar-refractivity contribution in [1.82, 2.24) is 9.80 Å². The Hall–Kier alpha value is -0.120. The first kappa shape index (κ1) is 12.3. The van der Waals surface area contributed by atoms with Gasteiger partial charge in [-0.2, -0.15) is 0 Å². The van der Waals surface area contributed by atoms with Crippen LogP contribution in [0, 0.1) is 5.92 Å². The van der Waals surface area contributed by atoms with Crippen LogP contribution in [0.15, 0.2) is 0 Å². The highest BCUT2D eigenvalue weighted by Crippen LogP contribution is 2.27. The van der Waals surface area contributed by atoms with E-state index in [4.69, 9.17) is 5.73 Å². The fourth-order valence-corrected chi connectivity index (χ4v) is 3.55. The number of hydrogen-bond donors (Lipinski definition) is 1. The lowest BCUT2D eigenvalue weighted by molar-refractivity contribution is 0.0259. The minimum atomic E-state index is 0.438. The maximum Gasteiger partial charge on any atom is 0.0148 e. The largest absolute Gasteiger partial charge is 0.328 e. The summed E-state index contributed by atoms with van der Waals surface area (Å²) in [4.78, 5) is 5.18. The Morgan fingerprint density at radius 3 is 2.50 bits per heavy atom. The third kappa shape index (κ3) is 2.58. The van der Waals surface area contributed by atoms with Crippen LogP contribution < -0.4 is 5.73 Å². The average Bonchev–Trinajstić information content (AvgIpc) is 2.19. The van der Waals surface area contributed by atoms with Gasteiger partial charge in [-0.15, -0.1) is 0 Å². The zero-order chi connectivity index (χ0) is 11.7. The Kier molecular flexibility index (Phi) is 3.88. The van der Waals surface area contributed by atoms with Gasteiger partial charge in [0, 0.05) is 31.2 Å². The first-order valence-corrected chi connectivity index (χ1v) is 6.77. The molecule has 2 saturated heterocycles. The van der Waals surface area contributed by atoms with Gasteiger partial charge in [-0.1, -0.05) is 6.92 Å². The molecule has 2 aliphatic heterocycles. The second-order valence-electron chi connectivity index (χ2n) is 5.97. The van der Waals surface area contributed by atoms with Crippen molar-refractivity contribution >= 4 is 0 Å². The van der Waals surface area contributed by atoms with Crippen LogP contribution in [0.2, 0.25) is 0 Å². The average molecular weight is 225 g/mol. The smallest absolute Gasteiger partial charge is 0.0148 e. The van der Waals surface area contributed by atoms with E-state index >= 15 is 0 Å². The summed E-state index contributed by atoms with van der Waals surface area (Å²) < 4.78 is 0. The van der Waals surface area contributed by atoms with Gasteiger partial charge in [-0.05, 0) is 45.7 Å². The van der Waals surface area contributed by atoms with Crippen LogP contribution in [-0.2, 0) is 0 Å².